The Hall–Kier alpha value is -1.96. The third kappa shape index (κ3) is 13.1. The quantitative estimate of drug-likeness (QED) is 0.381. The summed E-state index contributed by atoms with van der Waals surface area (Å²) in [6, 6.07) is 9.54. The molecule has 25 heavy (non-hydrogen) atoms. The third-order valence-corrected chi connectivity index (χ3v) is 3.12. The molecule has 0 aliphatic rings. The van der Waals surface area contributed by atoms with Crippen LogP contribution in [0.1, 0.15) is 24.8 Å². The minimum atomic E-state index is -0.877. The third-order valence-electron chi connectivity index (χ3n) is 3.12. The lowest BCUT2D eigenvalue weighted by Gasteiger charge is -2.07. The Kier molecular flexibility index (Phi) is 12.1. The molecule has 0 spiro atoms. The first-order valence-corrected chi connectivity index (χ1v) is 8.33. The number of benzene rings is 1. The lowest BCUT2D eigenvalue weighted by Crippen LogP contribution is -2.12. The molecule has 0 atom stereocenters. The average Bonchev–Trinajstić information content (AvgIpc) is 2.61. The molecule has 140 valence electrons. The second-order valence-electron chi connectivity index (χ2n) is 5.23. The molecule has 1 N–H and O–H groups in total. The van der Waals surface area contributed by atoms with Crippen LogP contribution < -0.4 is 0 Å². The molecule has 1 aromatic carbocycles. The molecular weight excluding hydrogens is 328 g/mol. The Morgan fingerprint density at radius 3 is 2.04 bits per heavy atom. The van der Waals surface area contributed by atoms with E-state index in [0.717, 1.165) is 5.56 Å². The van der Waals surface area contributed by atoms with Gasteiger partial charge < -0.3 is 24.1 Å². The summed E-state index contributed by atoms with van der Waals surface area (Å²) >= 11 is 0. The van der Waals surface area contributed by atoms with Crippen molar-refractivity contribution in [3.8, 4) is 0 Å². The van der Waals surface area contributed by atoms with Crippen molar-refractivity contribution in [2.24, 2.45) is 0 Å². The summed E-state index contributed by atoms with van der Waals surface area (Å²) in [5.41, 5.74) is 0.969. The summed E-state index contributed by atoms with van der Waals surface area (Å²) < 4.78 is 20.9. The summed E-state index contributed by atoms with van der Waals surface area (Å²) in [6.45, 7) is 2.58. The van der Waals surface area contributed by atoms with Crippen molar-refractivity contribution in [3.63, 3.8) is 0 Å². The lowest BCUT2D eigenvalue weighted by atomic mass is 10.2. The second-order valence-corrected chi connectivity index (χ2v) is 5.23. The van der Waals surface area contributed by atoms with E-state index in [1.807, 2.05) is 30.3 Å². The summed E-state index contributed by atoms with van der Waals surface area (Å²) in [7, 11) is 0. The van der Waals surface area contributed by atoms with Crippen LogP contribution in [0, 0.1) is 0 Å². The molecule has 1 aromatic rings. The number of aliphatic carboxylic acids is 1. The zero-order valence-electron chi connectivity index (χ0n) is 14.4. The van der Waals surface area contributed by atoms with E-state index in [9.17, 15) is 9.59 Å². The van der Waals surface area contributed by atoms with Gasteiger partial charge in [-0.3, -0.25) is 9.59 Å². The Morgan fingerprint density at radius 1 is 0.800 bits per heavy atom. The standard InChI is InChI=1S/C18H26O7/c19-17(20)8-10-23-12-14-24-13-11-22-9-4-7-18(21)25-15-16-5-2-1-3-6-16/h1-3,5-6H,4,7-15H2,(H,19,20). The topological polar surface area (TPSA) is 91.3 Å². The summed E-state index contributed by atoms with van der Waals surface area (Å²) in [6.07, 6.45) is 0.925. The maximum atomic E-state index is 11.6. The highest BCUT2D eigenvalue weighted by Crippen LogP contribution is 2.02. The molecule has 0 unspecified atom stereocenters. The van der Waals surface area contributed by atoms with Gasteiger partial charge in [0.25, 0.3) is 0 Å². The molecule has 0 saturated carbocycles. The normalized spacial score (nSPS) is 10.6. The van der Waals surface area contributed by atoms with Crippen LogP contribution in [0.5, 0.6) is 0 Å². The van der Waals surface area contributed by atoms with E-state index < -0.39 is 5.97 Å². The molecule has 0 aliphatic carbocycles. The molecule has 7 nitrogen and oxygen atoms in total. The van der Waals surface area contributed by atoms with Gasteiger partial charge in [-0.05, 0) is 12.0 Å². The van der Waals surface area contributed by atoms with Gasteiger partial charge in [0.1, 0.15) is 6.61 Å². The van der Waals surface area contributed by atoms with Crippen molar-refractivity contribution >= 4 is 11.9 Å². The molecule has 0 aromatic heterocycles. The molecule has 0 saturated heterocycles. The van der Waals surface area contributed by atoms with E-state index in [1.54, 1.807) is 0 Å². The first kappa shape index (κ1) is 21.1. The van der Waals surface area contributed by atoms with Gasteiger partial charge in [0.2, 0.25) is 0 Å². The summed E-state index contributed by atoms with van der Waals surface area (Å²) in [4.78, 5) is 21.8. The molecule has 0 aliphatic heterocycles. The van der Waals surface area contributed by atoms with Gasteiger partial charge >= 0.3 is 11.9 Å². The second kappa shape index (κ2) is 14.4. The zero-order valence-corrected chi connectivity index (χ0v) is 14.4. The van der Waals surface area contributed by atoms with E-state index in [1.165, 1.54) is 0 Å². The van der Waals surface area contributed by atoms with Gasteiger partial charge in [0.05, 0.1) is 39.5 Å². The molecule has 0 fully saturated rings. The van der Waals surface area contributed by atoms with E-state index in [2.05, 4.69) is 0 Å². The molecule has 1 rings (SSSR count). The number of esters is 1. The van der Waals surface area contributed by atoms with Crippen molar-refractivity contribution in [2.75, 3.05) is 39.6 Å². The van der Waals surface area contributed by atoms with Crippen molar-refractivity contribution < 1.29 is 33.6 Å². The smallest absolute Gasteiger partial charge is 0.306 e. The molecular formula is C18H26O7. The van der Waals surface area contributed by atoms with Crippen molar-refractivity contribution in [2.45, 2.75) is 25.9 Å². The molecule has 0 bridgehead atoms. The van der Waals surface area contributed by atoms with Crippen molar-refractivity contribution in [1.82, 2.24) is 0 Å². The van der Waals surface area contributed by atoms with Crippen LogP contribution in [0.25, 0.3) is 0 Å². The number of carboxylic acid groups (broad SMARTS) is 1. The minimum absolute atomic E-state index is 0.00308. The van der Waals surface area contributed by atoms with Crippen LogP contribution in [0.3, 0.4) is 0 Å². The minimum Gasteiger partial charge on any atom is -0.481 e. The highest BCUT2D eigenvalue weighted by atomic mass is 16.5. The first-order valence-electron chi connectivity index (χ1n) is 8.33. The fourth-order valence-electron chi connectivity index (χ4n) is 1.83. The largest absolute Gasteiger partial charge is 0.481 e. The maximum absolute atomic E-state index is 11.6. The van der Waals surface area contributed by atoms with Crippen LogP contribution in [0.4, 0.5) is 0 Å². The van der Waals surface area contributed by atoms with Crippen LogP contribution in [0.2, 0.25) is 0 Å². The van der Waals surface area contributed by atoms with Crippen LogP contribution >= 0.6 is 0 Å². The van der Waals surface area contributed by atoms with Gasteiger partial charge in [-0.25, -0.2) is 0 Å². The number of carbonyl (C=O) groups is 2. The van der Waals surface area contributed by atoms with E-state index in [0.29, 0.717) is 52.5 Å². The first-order chi connectivity index (χ1) is 12.2. The summed E-state index contributed by atoms with van der Waals surface area (Å²) in [5.74, 6) is -1.11. The van der Waals surface area contributed by atoms with E-state index in [4.69, 9.17) is 24.1 Å². The van der Waals surface area contributed by atoms with Gasteiger partial charge in [0.15, 0.2) is 0 Å². The zero-order chi connectivity index (χ0) is 18.2. The lowest BCUT2D eigenvalue weighted by molar-refractivity contribution is -0.145. The number of carbonyl (C=O) groups excluding carboxylic acids is 1. The monoisotopic (exact) mass is 354 g/mol. The van der Waals surface area contributed by atoms with Gasteiger partial charge in [0, 0.05) is 13.0 Å². The average molecular weight is 354 g/mol. The number of hydrogen-bond donors (Lipinski definition) is 1. The number of ether oxygens (including phenoxy) is 4. The molecule has 0 heterocycles. The number of rotatable bonds is 15. The van der Waals surface area contributed by atoms with Crippen LogP contribution in [0.15, 0.2) is 30.3 Å². The number of carboxylic acids is 1. The predicted molar refractivity (Wildman–Crippen MR) is 90.2 cm³/mol. The van der Waals surface area contributed by atoms with Gasteiger partial charge in [-0.1, -0.05) is 30.3 Å². The Bertz CT molecular complexity index is 476. The Morgan fingerprint density at radius 2 is 1.40 bits per heavy atom. The molecule has 0 radical (unpaired) electrons. The summed E-state index contributed by atoms with van der Waals surface area (Å²) in [5, 5.41) is 8.42. The molecule has 7 heteroatoms. The molecule has 0 amide bonds. The predicted octanol–water partition coefficient (Wildman–Crippen LogP) is 2.03. The maximum Gasteiger partial charge on any atom is 0.306 e. The Labute approximate surface area is 147 Å². The highest BCUT2D eigenvalue weighted by molar-refractivity contribution is 5.69. The van der Waals surface area contributed by atoms with Crippen LogP contribution in [-0.2, 0) is 35.1 Å². The van der Waals surface area contributed by atoms with Crippen LogP contribution in [-0.4, -0.2) is 56.7 Å². The van der Waals surface area contributed by atoms with Crippen molar-refractivity contribution in [1.29, 1.82) is 0 Å². The Balaban J connectivity index is 1.82. The van der Waals surface area contributed by atoms with Gasteiger partial charge in [-0.2, -0.15) is 0 Å². The van der Waals surface area contributed by atoms with Gasteiger partial charge in [-0.15, -0.1) is 0 Å². The van der Waals surface area contributed by atoms with E-state index >= 15 is 0 Å². The van der Waals surface area contributed by atoms with Crippen molar-refractivity contribution in [3.05, 3.63) is 35.9 Å². The van der Waals surface area contributed by atoms with E-state index in [-0.39, 0.29) is 19.0 Å². The fourth-order valence-corrected chi connectivity index (χ4v) is 1.83. The SMILES string of the molecule is O=C(O)CCOCCOCCOCCCC(=O)OCc1ccccc1. The highest BCUT2D eigenvalue weighted by Gasteiger charge is 2.03. The number of hydrogen-bond acceptors (Lipinski definition) is 6. The fraction of sp³-hybridized carbons (Fsp3) is 0.556.